The number of esters is 1. The maximum atomic E-state index is 11.5. The van der Waals surface area contributed by atoms with Crippen LogP contribution in [0.4, 0.5) is 0 Å². The molecule has 0 radical (unpaired) electrons. The minimum atomic E-state index is -1.17. The molecule has 1 atom stereocenters. The Kier molecular flexibility index (Phi) is 7.95. The third kappa shape index (κ3) is 5.33. The largest absolute Gasteiger partial charge is 0.478 e. The van der Waals surface area contributed by atoms with Gasteiger partial charge in [-0.15, -0.1) is 11.8 Å². The Labute approximate surface area is 135 Å². The van der Waals surface area contributed by atoms with Crippen LogP contribution >= 0.6 is 11.8 Å². The average molecular weight is 325 g/mol. The molecule has 0 fully saturated rings. The van der Waals surface area contributed by atoms with E-state index in [0.717, 1.165) is 17.1 Å². The predicted octanol–water partition coefficient (Wildman–Crippen LogP) is 3.87. The fraction of sp³-hybridized carbons (Fsp3) is 0.562. The number of aromatic nitrogens is 1. The van der Waals surface area contributed by atoms with Crippen molar-refractivity contribution in [2.75, 3.05) is 12.9 Å². The van der Waals surface area contributed by atoms with E-state index in [0.29, 0.717) is 5.92 Å². The Morgan fingerprint density at radius 3 is 2.68 bits per heavy atom. The van der Waals surface area contributed by atoms with Crippen LogP contribution in [0.1, 0.15) is 60.4 Å². The van der Waals surface area contributed by atoms with Gasteiger partial charge >= 0.3 is 11.9 Å². The molecular formula is C16H23NO4S. The van der Waals surface area contributed by atoms with E-state index in [4.69, 9.17) is 0 Å². The molecular weight excluding hydrogens is 302 g/mol. The number of carbonyl (C=O) groups excluding carboxylic acids is 1. The second-order valence-electron chi connectivity index (χ2n) is 5.09. The number of unbranched alkanes of at least 4 members (excludes halogenated alkanes) is 1. The molecule has 0 aromatic carbocycles. The molecule has 0 aliphatic heterocycles. The van der Waals surface area contributed by atoms with Crippen molar-refractivity contribution < 1.29 is 19.4 Å². The molecule has 0 bridgehead atoms. The van der Waals surface area contributed by atoms with Crippen molar-refractivity contribution in [1.82, 2.24) is 4.98 Å². The van der Waals surface area contributed by atoms with Crippen LogP contribution in [-0.4, -0.2) is 34.9 Å². The number of nitrogens with zero attached hydrogens (tertiary/aromatic N) is 1. The van der Waals surface area contributed by atoms with Gasteiger partial charge < -0.3 is 9.84 Å². The van der Waals surface area contributed by atoms with Crippen LogP contribution in [0.5, 0.6) is 0 Å². The second-order valence-corrected chi connectivity index (χ2v) is 6.18. The number of hydrogen-bond acceptors (Lipinski definition) is 5. The molecule has 0 saturated heterocycles. The highest BCUT2D eigenvalue weighted by Crippen LogP contribution is 2.26. The van der Waals surface area contributed by atoms with Gasteiger partial charge in [-0.3, -0.25) is 0 Å². The molecule has 122 valence electrons. The first-order valence-corrected chi connectivity index (χ1v) is 8.46. The summed E-state index contributed by atoms with van der Waals surface area (Å²) < 4.78 is 4.56. The number of carboxylic acids is 1. The number of methoxy groups -OCH3 is 1. The molecule has 0 saturated carbocycles. The van der Waals surface area contributed by atoms with Crippen molar-refractivity contribution in [3.05, 3.63) is 23.5 Å². The summed E-state index contributed by atoms with van der Waals surface area (Å²) in [5.41, 5.74) is -0.268. The summed E-state index contributed by atoms with van der Waals surface area (Å²) in [6.45, 7) is 4.34. The summed E-state index contributed by atoms with van der Waals surface area (Å²) in [5.74, 6) is -0.371. The first-order chi connectivity index (χ1) is 10.5. The zero-order valence-electron chi connectivity index (χ0n) is 13.3. The van der Waals surface area contributed by atoms with Crippen molar-refractivity contribution >= 4 is 23.7 Å². The van der Waals surface area contributed by atoms with E-state index in [1.165, 1.54) is 38.6 Å². The average Bonchev–Trinajstić information content (AvgIpc) is 2.54. The van der Waals surface area contributed by atoms with Crippen LogP contribution < -0.4 is 0 Å². The molecule has 5 nitrogen and oxygen atoms in total. The van der Waals surface area contributed by atoms with E-state index in [1.807, 2.05) is 0 Å². The molecule has 1 rings (SSSR count). The van der Waals surface area contributed by atoms with Gasteiger partial charge in [0.2, 0.25) is 0 Å². The van der Waals surface area contributed by atoms with Crippen LogP contribution in [0.25, 0.3) is 0 Å². The van der Waals surface area contributed by atoms with E-state index < -0.39 is 11.9 Å². The Balaban J connectivity index is 2.82. The number of thioether (sulfide) groups is 1. The third-order valence-corrected chi connectivity index (χ3v) is 4.70. The summed E-state index contributed by atoms with van der Waals surface area (Å²) in [7, 11) is 1.21. The van der Waals surface area contributed by atoms with Crippen molar-refractivity contribution in [3.63, 3.8) is 0 Å². The molecule has 22 heavy (non-hydrogen) atoms. The van der Waals surface area contributed by atoms with Crippen LogP contribution in [-0.2, 0) is 4.74 Å². The number of carbonyl (C=O) groups is 2. The number of carboxylic acid groups (broad SMARTS) is 1. The molecule has 0 aliphatic carbocycles. The van der Waals surface area contributed by atoms with Gasteiger partial charge in [0.15, 0.2) is 5.69 Å². The van der Waals surface area contributed by atoms with Crippen molar-refractivity contribution in [1.29, 1.82) is 0 Å². The zero-order chi connectivity index (χ0) is 16.5. The van der Waals surface area contributed by atoms with Crippen molar-refractivity contribution in [2.45, 2.75) is 44.4 Å². The van der Waals surface area contributed by atoms with E-state index in [2.05, 4.69) is 23.6 Å². The molecule has 0 spiro atoms. The zero-order valence-corrected chi connectivity index (χ0v) is 14.1. The lowest BCUT2D eigenvalue weighted by Gasteiger charge is -2.14. The fourth-order valence-electron chi connectivity index (χ4n) is 2.06. The standard InChI is InChI=1S/C16H23NO4S/c1-4-6-7-11(5-2)10-22-12-8-13(15(18)19)14(17-9-12)16(20)21-3/h8-9,11H,4-7,10H2,1-3H3,(H,18,19). The first kappa shape index (κ1) is 18.5. The number of pyridine rings is 1. The molecule has 1 N–H and O–H groups in total. The molecule has 6 heteroatoms. The minimum absolute atomic E-state index is 0.113. The molecule has 1 heterocycles. The summed E-state index contributed by atoms with van der Waals surface area (Å²) in [6.07, 6.45) is 6.21. The highest BCUT2D eigenvalue weighted by atomic mass is 32.2. The summed E-state index contributed by atoms with van der Waals surface area (Å²) in [5, 5.41) is 9.22. The molecule has 0 amide bonds. The van der Waals surface area contributed by atoms with E-state index in [9.17, 15) is 14.7 Å². The SMILES string of the molecule is CCCCC(CC)CSc1cnc(C(=O)OC)c(C(=O)O)c1. The van der Waals surface area contributed by atoms with E-state index in [1.54, 1.807) is 11.8 Å². The second kappa shape index (κ2) is 9.46. The van der Waals surface area contributed by atoms with Gasteiger partial charge in [-0.25, -0.2) is 14.6 Å². The van der Waals surface area contributed by atoms with Crippen molar-refractivity contribution in [3.8, 4) is 0 Å². The quantitative estimate of drug-likeness (QED) is 0.548. The van der Waals surface area contributed by atoms with Crippen LogP contribution in [0, 0.1) is 5.92 Å². The van der Waals surface area contributed by atoms with Gasteiger partial charge in [-0.1, -0.05) is 33.1 Å². The van der Waals surface area contributed by atoms with Gasteiger partial charge in [-0.2, -0.15) is 0 Å². The van der Waals surface area contributed by atoms with Crippen LogP contribution in [0.15, 0.2) is 17.2 Å². The molecule has 1 aromatic rings. The lowest BCUT2D eigenvalue weighted by atomic mass is 10.0. The lowest BCUT2D eigenvalue weighted by Crippen LogP contribution is -2.12. The van der Waals surface area contributed by atoms with Crippen molar-refractivity contribution in [2.24, 2.45) is 5.92 Å². The topological polar surface area (TPSA) is 76.5 Å². The number of ether oxygens (including phenoxy) is 1. The lowest BCUT2D eigenvalue weighted by molar-refractivity contribution is 0.0575. The van der Waals surface area contributed by atoms with Gasteiger partial charge in [0, 0.05) is 16.8 Å². The third-order valence-electron chi connectivity index (χ3n) is 3.50. The van der Waals surface area contributed by atoms with Gasteiger partial charge in [-0.05, 0) is 18.4 Å². The normalized spacial score (nSPS) is 12.0. The maximum absolute atomic E-state index is 11.5. The van der Waals surface area contributed by atoms with Gasteiger partial charge in [0.05, 0.1) is 12.7 Å². The highest BCUT2D eigenvalue weighted by molar-refractivity contribution is 7.99. The summed E-state index contributed by atoms with van der Waals surface area (Å²) in [4.78, 5) is 27.5. The minimum Gasteiger partial charge on any atom is -0.478 e. The number of rotatable bonds is 9. The Hall–Kier alpha value is -1.56. The van der Waals surface area contributed by atoms with Crippen LogP contribution in [0.3, 0.4) is 0 Å². The Morgan fingerprint density at radius 2 is 2.14 bits per heavy atom. The molecule has 1 unspecified atom stereocenters. The number of aromatic carboxylic acids is 1. The Morgan fingerprint density at radius 1 is 1.41 bits per heavy atom. The van der Waals surface area contributed by atoms with Gasteiger partial charge in [0.25, 0.3) is 0 Å². The molecule has 0 aliphatic rings. The molecule has 1 aromatic heterocycles. The smallest absolute Gasteiger partial charge is 0.357 e. The Bertz CT molecular complexity index is 519. The maximum Gasteiger partial charge on any atom is 0.357 e. The number of hydrogen-bond donors (Lipinski definition) is 1. The van der Waals surface area contributed by atoms with E-state index in [-0.39, 0.29) is 11.3 Å². The fourth-order valence-corrected chi connectivity index (χ4v) is 3.22. The summed E-state index contributed by atoms with van der Waals surface area (Å²) >= 11 is 1.59. The summed E-state index contributed by atoms with van der Waals surface area (Å²) in [6, 6.07) is 1.50. The van der Waals surface area contributed by atoms with Crippen LogP contribution in [0.2, 0.25) is 0 Å². The predicted molar refractivity (Wildman–Crippen MR) is 86.6 cm³/mol. The monoisotopic (exact) mass is 325 g/mol. The highest BCUT2D eigenvalue weighted by Gasteiger charge is 2.20. The van der Waals surface area contributed by atoms with Gasteiger partial charge in [0.1, 0.15) is 0 Å². The van der Waals surface area contributed by atoms with E-state index >= 15 is 0 Å². The first-order valence-electron chi connectivity index (χ1n) is 7.47.